The Kier molecular flexibility index (Phi) is 8.46. The van der Waals surface area contributed by atoms with Gasteiger partial charge in [0.2, 0.25) is 11.8 Å². The maximum atomic E-state index is 13.3. The third-order valence-corrected chi connectivity index (χ3v) is 5.86. The molecule has 0 bridgehead atoms. The Morgan fingerprint density at radius 3 is 1.77 bits per heavy atom. The summed E-state index contributed by atoms with van der Waals surface area (Å²) < 4.78 is 0. The van der Waals surface area contributed by atoms with Crippen molar-refractivity contribution in [1.82, 2.24) is 10.2 Å². The number of amides is 2. The Hall–Kier alpha value is -1.46. The molecule has 0 saturated carbocycles. The van der Waals surface area contributed by atoms with E-state index >= 15 is 0 Å². The third kappa shape index (κ3) is 6.52. The molecule has 0 saturated heterocycles. The molecule has 0 aliphatic carbocycles. The van der Waals surface area contributed by atoms with E-state index in [9.17, 15) is 9.59 Å². The highest BCUT2D eigenvalue weighted by molar-refractivity contribution is 6.36. The zero-order chi connectivity index (χ0) is 22.6. The molecule has 0 aromatic heterocycles. The van der Waals surface area contributed by atoms with Crippen LogP contribution in [0.4, 0.5) is 0 Å². The molecule has 1 N–H and O–H groups in total. The molecule has 0 aliphatic heterocycles. The zero-order valence-electron chi connectivity index (χ0n) is 17.2. The lowest BCUT2D eigenvalue weighted by atomic mass is 10.1. The number of benzene rings is 2. The maximum absolute atomic E-state index is 13.3. The van der Waals surface area contributed by atoms with Crippen molar-refractivity contribution < 1.29 is 9.59 Å². The van der Waals surface area contributed by atoms with Gasteiger partial charge in [-0.25, -0.2) is 0 Å². The highest BCUT2D eigenvalue weighted by atomic mass is 35.5. The van der Waals surface area contributed by atoms with E-state index in [4.69, 9.17) is 46.4 Å². The molecule has 30 heavy (non-hydrogen) atoms. The summed E-state index contributed by atoms with van der Waals surface area (Å²) in [7, 11) is 0. The molecule has 0 unspecified atom stereocenters. The van der Waals surface area contributed by atoms with E-state index in [0.717, 1.165) is 0 Å². The topological polar surface area (TPSA) is 49.4 Å². The summed E-state index contributed by atoms with van der Waals surface area (Å²) in [4.78, 5) is 27.6. The van der Waals surface area contributed by atoms with Gasteiger partial charge in [0.05, 0.1) is 6.42 Å². The minimum absolute atomic E-state index is 0.0618. The van der Waals surface area contributed by atoms with Crippen LogP contribution in [-0.2, 0) is 22.6 Å². The van der Waals surface area contributed by atoms with Crippen molar-refractivity contribution in [3.8, 4) is 0 Å². The van der Waals surface area contributed by atoms with E-state index in [1.54, 1.807) is 43.3 Å². The Morgan fingerprint density at radius 2 is 1.33 bits per heavy atom. The number of carbonyl (C=O) groups excluding carboxylic acids is 2. The molecule has 2 rings (SSSR count). The van der Waals surface area contributed by atoms with Gasteiger partial charge in [0.15, 0.2) is 0 Å². The highest BCUT2D eigenvalue weighted by Gasteiger charge is 2.30. The maximum Gasteiger partial charge on any atom is 0.242 e. The SMILES string of the molecule is C[C@H](C(=O)NC(C)(C)C)N(Cc1c(Cl)cccc1Cl)C(=O)Cc1c(Cl)cccc1Cl. The van der Waals surface area contributed by atoms with Crippen LogP contribution in [-0.4, -0.2) is 28.3 Å². The van der Waals surface area contributed by atoms with Crippen LogP contribution in [0.5, 0.6) is 0 Å². The number of rotatable bonds is 6. The van der Waals surface area contributed by atoms with Crippen LogP contribution in [0.25, 0.3) is 0 Å². The first-order valence-corrected chi connectivity index (χ1v) is 10.9. The minimum Gasteiger partial charge on any atom is -0.350 e. The molecule has 162 valence electrons. The second kappa shape index (κ2) is 10.2. The van der Waals surface area contributed by atoms with Crippen LogP contribution in [0, 0.1) is 0 Å². The van der Waals surface area contributed by atoms with Crippen LogP contribution in [0.3, 0.4) is 0 Å². The fourth-order valence-corrected chi connectivity index (χ4v) is 3.91. The molecule has 1 atom stereocenters. The Bertz CT molecular complexity index is 901. The average molecular weight is 490 g/mol. The fraction of sp³-hybridized carbons (Fsp3) is 0.364. The molecule has 2 aromatic carbocycles. The number of hydrogen-bond acceptors (Lipinski definition) is 2. The van der Waals surface area contributed by atoms with E-state index in [-0.39, 0.29) is 24.8 Å². The van der Waals surface area contributed by atoms with Crippen molar-refractivity contribution >= 4 is 58.2 Å². The fourth-order valence-electron chi connectivity index (χ4n) is 2.86. The number of carbonyl (C=O) groups is 2. The summed E-state index contributed by atoms with van der Waals surface area (Å²) >= 11 is 25.1. The smallest absolute Gasteiger partial charge is 0.242 e. The summed E-state index contributed by atoms with van der Waals surface area (Å²) in [5.41, 5.74) is 0.619. The van der Waals surface area contributed by atoms with Crippen molar-refractivity contribution in [2.75, 3.05) is 0 Å². The van der Waals surface area contributed by atoms with E-state index in [2.05, 4.69) is 5.32 Å². The molecular formula is C22H24Cl4N2O2. The molecular weight excluding hydrogens is 466 g/mol. The first-order chi connectivity index (χ1) is 13.9. The van der Waals surface area contributed by atoms with Gasteiger partial charge in [-0.2, -0.15) is 0 Å². The average Bonchev–Trinajstić information content (AvgIpc) is 2.62. The van der Waals surface area contributed by atoms with E-state index in [1.807, 2.05) is 20.8 Å². The minimum atomic E-state index is -0.773. The first-order valence-electron chi connectivity index (χ1n) is 9.38. The molecule has 8 heteroatoms. The highest BCUT2D eigenvalue weighted by Crippen LogP contribution is 2.29. The van der Waals surface area contributed by atoms with Gasteiger partial charge in [0.1, 0.15) is 6.04 Å². The lowest BCUT2D eigenvalue weighted by molar-refractivity contribution is -0.140. The predicted octanol–water partition coefficient (Wildman–Crippen LogP) is 6.17. The normalized spacial score (nSPS) is 12.4. The summed E-state index contributed by atoms with van der Waals surface area (Å²) in [6, 6.07) is 9.37. The summed E-state index contributed by atoms with van der Waals surface area (Å²) in [6.07, 6.45) is -0.0618. The Labute approximate surface area is 197 Å². The predicted molar refractivity (Wildman–Crippen MR) is 125 cm³/mol. The molecule has 0 fully saturated rings. The zero-order valence-corrected chi connectivity index (χ0v) is 20.3. The second-order valence-electron chi connectivity index (χ2n) is 8.01. The molecule has 0 spiro atoms. The quantitative estimate of drug-likeness (QED) is 0.527. The van der Waals surface area contributed by atoms with Crippen LogP contribution in [0.15, 0.2) is 36.4 Å². The number of nitrogens with zero attached hydrogens (tertiary/aromatic N) is 1. The van der Waals surface area contributed by atoms with Crippen molar-refractivity contribution in [3.63, 3.8) is 0 Å². The van der Waals surface area contributed by atoms with Gasteiger partial charge in [-0.15, -0.1) is 0 Å². The summed E-state index contributed by atoms with van der Waals surface area (Å²) in [5.74, 6) is -0.609. The number of halogens is 4. The van der Waals surface area contributed by atoms with Crippen LogP contribution in [0.2, 0.25) is 20.1 Å². The van der Waals surface area contributed by atoms with Gasteiger partial charge in [-0.3, -0.25) is 9.59 Å². The van der Waals surface area contributed by atoms with Crippen molar-refractivity contribution in [3.05, 3.63) is 67.6 Å². The van der Waals surface area contributed by atoms with Crippen LogP contribution in [0.1, 0.15) is 38.8 Å². The van der Waals surface area contributed by atoms with Gasteiger partial charge in [-0.05, 0) is 57.5 Å². The monoisotopic (exact) mass is 488 g/mol. The Balaban J connectivity index is 2.39. The molecule has 4 nitrogen and oxygen atoms in total. The largest absolute Gasteiger partial charge is 0.350 e. The van der Waals surface area contributed by atoms with E-state index in [1.165, 1.54) is 4.90 Å². The Morgan fingerprint density at radius 1 is 0.900 bits per heavy atom. The van der Waals surface area contributed by atoms with Gasteiger partial charge in [0.25, 0.3) is 0 Å². The lowest BCUT2D eigenvalue weighted by Crippen LogP contribution is -2.52. The third-order valence-electron chi connectivity index (χ3n) is 4.45. The van der Waals surface area contributed by atoms with E-state index < -0.39 is 11.6 Å². The first kappa shape index (κ1) is 24.8. The molecule has 2 aromatic rings. The van der Waals surface area contributed by atoms with Crippen LogP contribution >= 0.6 is 46.4 Å². The second-order valence-corrected chi connectivity index (χ2v) is 9.64. The van der Waals surface area contributed by atoms with Crippen molar-refractivity contribution in [1.29, 1.82) is 0 Å². The molecule has 0 radical (unpaired) electrons. The van der Waals surface area contributed by atoms with Gasteiger partial charge in [0, 0.05) is 37.7 Å². The number of hydrogen-bond donors (Lipinski definition) is 1. The van der Waals surface area contributed by atoms with Gasteiger partial charge in [-0.1, -0.05) is 58.5 Å². The lowest BCUT2D eigenvalue weighted by Gasteiger charge is -2.32. The standard InChI is InChI=1S/C22H24Cl4N2O2/c1-13(21(30)27-22(2,3)4)28(12-15-18(25)9-6-10-19(15)26)20(29)11-14-16(23)7-5-8-17(14)24/h5-10,13H,11-12H2,1-4H3,(H,27,30)/t13-/m1/s1. The van der Waals surface area contributed by atoms with E-state index in [0.29, 0.717) is 31.2 Å². The summed E-state index contributed by atoms with van der Waals surface area (Å²) in [5, 5.41) is 4.51. The van der Waals surface area contributed by atoms with Crippen molar-refractivity contribution in [2.24, 2.45) is 0 Å². The number of nitrogens with one attached hydrogen (secondary N) is 1. The molecule has 0 aliphatic rings. The molecule has 2 amide bonds. The summed E-state index contributed by atoms with van der Waals surface area (Å²) in [6.45, 7) is 7.35. The van der Waals surface area contributed by atoms with Gasteiger partial charge < -0.3 is 10.2 Å². The molecule has 0 heterocycles. The van der Waals surface area contributed by atoms with Crippen molar-refractivity contribution in [2.45, 2.75) is 52.2 Å². The van der Waals surface area contributed by atoms with Crippen LogP contribution < -0.4 is 5.32 Å². The van der Waals surface area contributed by atoms with Gasteiger partial charge >= 0.3 is 0 Å².